The maximum Gasteiger partial charge on any atom is 0.0595 e. The third-order valence-electron chi connectivity index (χ3n) is 3.54. The van der Waals surface area contributed by atoms with Crippen molar-refractivity contribution in [1.29, 1.82) is 0 Å². The van der Waals surface area contributed by atoms with Gasteiger partial charge in [0, 0.05) is 20.1 Å². The zero-order valence-corrected chi connectivity index (χ0v) is 14.9. The molecule has 0 aliphatic rings. The SMILES string of the molecule is CC(C)(C)c1cc[c-]c(-c2ccc3ccccc3n2)c1.[Ir]. The molecular formula is C19H18IrN-. The van der Waals surface area contributed by atoms with Gasteiger partial charge in [-0.15, -0.1) is 35.4 Å². The van der Waals surface area contributed by atoms with Crippen LogP contribution in [0.25, 0.3) is 22.2 Å². The summed E-state index contributed by atoms with van der Waals surface area (Å²) < 4.78 is 0. The van der Waals surface area contributed by atoms with Crippen LogP contribution in [0.15, 0.2) is 54.6 Å². The standard InChI is InChI=1S/C19H18N.Ir/c1-19(2,3)16-9-6-8-15(13-16)18-12-11-14-7-4-5-10-17(14)20-18;/h4-7,9-13H,1-3H3;/q-1;. The molecule has 1 heterocycles. The summed E-state index contributed by atoms with van der Waals surface area (Å²) in [4.78, 5) is 4.74. The summed E-state index contributed by atoms with van der Waals surface area (Å²) in [5.74, 6) is 0. The van der Waals surface area contributed by atoms with Crippen LogP contribution < -0.4 is 0 Å². The molecule has 0 fully saturated rings. The Kier molecular flexibility index (Phi) is 4.61. The number of para-hydroxylation sites is 1. The maximum absolute atomic E-state index is 4.74. The van der Waals surface area contributed by atoms with Crippen LogP contribution >= 0.6 is 0 Å². The molecule has 0 N–H and O–H groups in total. The first-order valence-corrected chi connectivity index (χ1v) is 6.92. The van der Waals surface area contributed by atoms with Gasteiger partial charge in [-0.25, -0.2) is 0 Å². The number of aromatic nitrogens is 1. The maximum atomic E-state index is 4.74. The van der Waals surface area contributed by atoms with E-state index in [1.807, 2.05) is 24.3 Å². The molecule has 0 spiro atoms. The number of fused-ring (bicyclic) bond motifs is 1. The van der Waals surface area contributed by atoms with Crippen molar-refractivity contribution in [1.82, 2.24) is 4.98 Å². The molecule has 109 valence electrons. The zero-order chi connectivity index (χ0) is 14.2. The van der Waals surface area contributed by atoms with Crippen molar-refractivity contribution >= 4 is 10.9 Å². The molecule has 0 bridgehead atoms. The molecule has 1 radical (unpaired) electrons. The Morgan fingerprint density at radius 3 is 2.48 bits per heavy atom. The third-order valence-corrected chi connectivity index (χ3v) is 3.54. The number of hydrogen-bond donors (Lipinski definition) is 0. The molecule has 2 aromatic carbocycles. The van der Waals surface area contributed by atoms with Gasteiger partial charge in [0.05, 0.1) is 5.52 Å². The van der Waals surface area contributed by atoms with E-state index in [0.29, 0.717) is 0 Å². The summed E-state index contributed by atoms with van der Waals surface area (Å²) >= 11 is 0. The van der Waals surface area contributed by atoms with Gasteiger partial charge in [0.15, 0.2) is 0 Å². The summed E-state index contributed by atoms with van der Waals surface area (Å²) in [6.45, 7) is 6.67. The topological polar surface area (TPSA) is 12.9 Å². The predicted octanol–water partition coefficient (Wildman–Crippen LogP) is 5.00. The Morgan fingerprint density at radius 1 is 0.952 bits per heavy atom. The molecule has 0 saturated carbocycles. The van der Waals surface area contributed by atoms with Gasteiger partial charge < -0.3 is 0 Å². The second-order valence-corrected chi connectivity index (χ2v) is 6.13. The van der Waals surface area contributed by atoms with Gasteiger partial charge in [0.25, 0.3) is 0 Å². The van der Waals surface area contributed by atoms with Gasteiger partial charge in [0.2, 0.25) is 0 Å². The van der Waals surface area contributed by atoms with Crippen LogP contribution in [-0.4, -0.2) is 4.98 Å². The van der Waals surface area contributed by atoms with Crippen LogP contribution in [-0.2, 0) is 25.5 Å². The molecular weight excluding hydrogens is 434 g/mol. The number of benzene rings is 2. The second kappa shape index (κ2) is 6.09. The molecule has 3 aromatic rings. The zero-order valence-electron chi connectivity index (χ0n) is 12.5. The van der Waals surface area contributed by atoms with Crippen LogP contribution in [0.3, 0.4) is 0 Å². The number of pyridine rings is 1. The molecule has 0 aliphatic carbocycles. The van der Waals surface area contributed by atoms with Crippen LogP contribution in [0, 0.1) is 6.07 Å². The third kappa shape index (κ3) is 3.40. The fraction of sp³-hybridized carbons (Fsp3) is 0.211. The van der Waals surface area contributed by atoms with E-state index in [1.165, 1.54) is 10.9 Å². The molecule has 0 atom stereocenters. The minimum atomic E-state index is 0. The normalized spacial score (nSPS) is 11.2. The molecule has 1 nitrogen and oxygen atoms in total. The van der Waals surface area contributed by atoms with Gasteiger partial charge >= 0.3 is 0 Å². The van der Waals surface area contributed by atoms with Crippen LogP contribution in [0.4, 0.5) is 0 Å². The predicted molar refractivity (Wildman–Crippen MR) is 84.7 cm³/mol. The fourth-order valence-corrected chi connectivity index (χ4v) is 2.30. The van der Waals surface area contributed by atoms with Gasteiger partial charge in [-0.2, -0.15) is 0 Å². The Balaban J connectivity index is 0.00000161. The largest absolute Gasteiger partial charge is 0.296 e. The van der Waals surface area contributed by atoms with Crippen LogP contribution in [0.1, 0.15) is 26.3 Å². The average Bonchev–Trinajstić information content (AvgIpc) is 2.46. The Labute approximate surface area is 139 Å². The smallest absolute Gasteiger partial charge is 0.0595 e. The summed E-state index contributed by atoms with van der Waals surface area (Å²) in [5.41, 5.74) is 4.51. The minimum absolute atomic E-state index is 0. The van der Waals surface area contributed by atoms with Gasteiger partial charge in [0.1, 0.15) is 0 Å². The minimum Gasteiger partial charge on any atom is -0.296 e. The monoisotopic (exact) mass is 453 g/mol. The van der Waals surface area contributed by atoms with Crippen molar-refractivity contribution in [2.45, 2.75) is 26.2 Å². The fourth-order valence-electron chi connectivity index (χ4n) is 2.30. The molecule has 0 saturated heterocycles. The number of hydrogen-bond acceptors (Lipinski definition) is 1. The van der Waals surface area contributed by atoms with Crippen molar-refractivity contribution in [2.75, 3.05) is 0 Å². The van der Waals surface area contributed by atoms with E-state index >= 15 is 0 Å². The van der Waals surface area contributed by atoms with Crippen LogP contribution in [0.2, 0.25) is 0 Å². The first-order chi connectivity index (χ1) is 9.54. The second-order valence-electron chi connectivity index (χ2n) is 6.13. The van der Waals surface area contributed by atoms with Crippen molar-refractivity contribution in [2.24, 2.45) is 0 Å². The van der Waals surface area contributed by atoms with E-state index < -0.39 is 0 Å². The summed E-state index contributed by atoms with van der Waals surface area (Å²) in [5, 5.41) is 1.17. The molecule has 0 aliphatic heterocycles. The molecule has 2 heteroatoms. The first-order valence-electron chi connectivity index (χ1n) is 6.92. The number of nitrogens with zero attached hydrogens (tertiary/aromatic N) is 1. The van der Waals surface area contributed by atoms with E-state index in [0.717, 1.165) is 16.8 Å². The Bertz CT molecular complexity index is 757. The molecule has 0 unspecified atom stereocenters. The van der Waals surface area contributed by atoms with Crippen LogP contribution in [0.5, 0.6) is 0 Å². The summed E-state index contributed by atoms with van der Waals surface area (Å²) in [6.07, 6.45) is 0. The van der Waals surface area contributed by atoms with Gasteiger partial charge in [-0.05, 0) is 22.6 Å². The molecule has 3 rings (SSSR count). The van der Waals surface area contributed by atoms with E-state index in [9.17, 15) is 0 Å². The van der Waals surface area contributed by atoms with Gasteiger partial charge in [-0.3, -0.25) is 4.98 Å². The molecule has 0 amide bonds. The molecule has 1 aromatic heterocycles. The Hall–Kier alpha value is -1.50. The van der Waals surface area contributed by atoms with Gasteiger partial charge in [-0.1, -0.05) is 51.1 Å². The first kappa shape index (κ1) is 15.9. The average molecular weight is 453 g/mol. The van der Waals surface area contributed by atoms with E-state index in [2.05, 4.69) is 57.2 Å². The molecule has 21 heavy (non-hydrogen) atoms. The summed E-state index contributed by atoms with van der Waals surface area (Å²) in [6, 6.07) is 22.0. The van der Waals surface area contributed by atoms with Crippen molar-refractivity contribution in [3.8, 4) is 11.3 Å². The van der Waals surface area contributed by atoms with Crippen molar-refractivity contribution in [3.05, 3.63) is 66.2 Å². The quantitative estimate of drug-likeness (QED) is 0.474. The van der Waals surface area contributed by atoms with E-state index in [1.54, 1.807) is 0 Å². The van der Waals surface area contributed by atoms with Crippen molar-refractivity contribution in [3.63, 3.8) is 0 Å². The number of rotatable bonds is 1. The summed E-state index contributed by atoms with van der Waals surface area (Å²) in [7, 11) is 0. The van der Waals surface area contributed by atoms with Crippen molar-refractivity contribution < 1.29 is 20.1 Å². The van der Waals surface area contributed by atoms with E-state index in [-0.39, 0.29) is 25.5 Å². The Morgan fingerprint density at radius 2 is 1.71 bits per heavy atom. The van der Waals surface area contributed by atoms with E-state index in [4.69, 9.17) is 4.98 Å².